The molecule has 2 aromatic carbocycles. The van der Waals surface area contributed by atoms with Crippen LogP contribution in [-0.4, -0.2) is 5.91 Å². The van der Waals surface area contributed by atoms with Crippen molar-refractivity contribution in [1.29, 1.82) is 0 Å². The van der Waals surface area contributed by atoms with Crippen LogP contribution in [0.5, 0.6) is 0 Å². The molecule has 21 heavy (non-hydrogen) atoms. The molecule has 1 amide bonds. The maximum Gasteiger partial charge on any atom is 0.287 e. The van der Waals surface area contributed by atoms with Gasteiger partial charge in [0.05, 0.1) is 0 Å². The standard InChI is InChI=1S/C16H11BrClNO2/c17-12-6-5-10-7-15(21-14(10)8-12)16(20)19-9-11-3-1-2-4-13(11)18/h1-8H,9H2,(H,19,20). The molecule has 0 bridgehead atoms. The highest BCUT2D eigenvalue weighted by molar-refractivity contribution is 9.10. The Labute approximate surface area is 135 Å². The van der Waals surface area contributed by atoms with Crippen molar-refractivity contribution >= 4 is 44.4 Å². The van der Waals surface area contributed by atoms with Gasteiger partial charge in [-0.25, -0.2) is 0 Å². The van der Waals surface area contributed by atoms with Crippen molar-refractivity contribution < 1.29 is 9.21 Å². The molecular formula is C16H11BrClNO2. The Bertz CT molecular complexity index is 813. The predicted octanol–water partition coefficient (Wildman–Crippen LogP) is 4.78. The number of rotatable bonds is 3. The summed E-state index contributed by atoms with van der Waals surface area (Å²) in [7, 11) is 0. The summed E-state index contributed by atoms with van der Waals surface area (Å²) in [5.41, 5.74) is 1.54. The zero-order valence-electron chi connectivity index (χ0n) is 10.9. The number of carbonyl (C=O) groups is 1. The molecule has 0 aliphatic carbocycles. The zero-order valence-corrected chi connectivity index (χ0v) is 13.2. The minimum Gasteiger partial charge on any atom is -0.451 e. The second kappa shape index (κ2) is 5.92. The van der Waals surface area contributed by atoms with Crippen LogP contribution in [0.1, 0.15) is 16.1 Å². The maximum atomic E-state index is 12.1. The molecule has 0 spiro atoms. The minimum absolute atomic E-state index is 0.262. The smallest absolute Gasteiger partial charge is 0.287 e. The van der Waals surface area contributed by atoms with Crippen LogP contribution in [-0.2, 0) is 6.54 Å². The monoisotopic (exact) mass is 363 g/mol. The van der Waals surface area contributed by atoms with Gasteiger partial charge < -0.3 is 9.73 Å². The first-order valence-corrected chi connectivity index (χ1v) is 7.51. The number of halogens is 2. The molecule has 106 valence electrons. The second-order valence-corrected chi connectivity index (χ2v) is 5.89. The lowest BCUT2D eigenvalue weighted by atomic mass is 10.2. The third kappa shape index (κ3) is 3.12. The zero-order chi connectivity index (χ0) is 14.8. The summed E-state index contributed by atoms with van der Waals surface area (Å²) < 4.78 is 6.46. The highest BCUT2D eigenvalue weighted by Crippen LogP contribution is 2.23. The molecular weight excluding hydrogens is 354 g/mol. The average molecular weight is 365 g/mol. The first-order chi connectivity index (χ1) is 10.1. The fourth-order valence-electron chi connectivity index (χ4n) is 2.02. The van der Waals surface area contributed by atoms with E-state index in [4.69, 9.17) is 16.0 Å². The van der Waals surface area contributed by atoms with Gasteiger partial charge in [-0.3, -0.25) is 4.79 Å². The van der Waals surface area contributed by atoms with E-state index in [1.165, 1.54) is 0 Å². The topological polar surface area (TPSA) is 42.2 Å². The largest absolute Gasteiger partial charge is 0.451 e. The van der Waals surface area contributed by atoms with E-state index in [1.807, 2.05) is 36.4 Å². The Hall–Kier alpha value is -1.78. The van der Waals surface area contributed by atoms with Gasteiger partial charge in [0.15, 0.2) is 5.76 Å². The van der Waals surface area contributed by atoms with Gasteiger partial charge in [-0.05, 0) is 35.9 Å². The molecule has 0 radical (unpaired) electrons. The van der Waals surface area contributed by atoms with Gasteiger partial charge in [0.25, 0.3) is 5.91 Å². The Morgan fingerprint density at radius 3 is 2.81 bits per heavy atom. The van der Waals surface area contributed by atoms with Gasteiger partial charge in [-0.1, -0.05) is 45.7 Å². The molecule has 0 fully saturated rings. The van der Waals surface area contributed by atoms with Gasteiger partial charge in [-0.2, -0.15) is 0 Å². The molecule has 0 unspecified atom stereocenters. The lowest BCUT2D eigenvalue weighted by Gasteiger charge is -2.04. The highest BCUT2D eigenvalue weighted by atomic mass is 79.9. The fourth-order valence-corrected chi connectivity index (χ4v) is 2.56. The fraction of sp³-hybridized carbons (Fsp3) is 0.0625. The summed E-state index contributed by atoms with van der Waals surface area (Å²) >= 11 is 9.43. The number of hydrogen-bond donors (Lipinski definition) is 1. The molecule has 1 aromatic heterocycles. The third-order valence-electron chi connectivity index (χ3n) is 3.10. The molecule has 0 aliphatic heterocycles. The molecule has 3 nitrogen and oxygen atoms in total. The Kier molecular flexibility index (Phi) is 3.99. The van der Waals surface area contributed by atoms with E-state index in [2.05, 4.69) is 21.2 Å². The number of benzene rings is 2. The van der Waals surface area contributed by atoms with Crippen molar-refractivity contribution in [2.24, 2.45) is 0 Å². The van der Waals surface area contributed by atoms with E-state index in [0.29, 0.717) is 17.2 Å². The Balaban J connectivity index is 1.76. The normalized spacial score (nSPS) is 10.8. The molecule has 0 atom stereocenters. The maximum absolute atomic E-state index is 12.1. The highest BCUT2D eigenvalue weighted by Gasteiger charge is 2.12. The number of fused-ring (bicyclic) bond motifs is 1. The van der Waals surface area contributed by atoms with Crippen LogP contribution in [0, 0.1) is 0 Å². The molecule has 3 aromatic rings. The van der Waals surface area contributed by atoms with Gasteiger partial charge in [-0.15, -0.1) is 0 Å². The SMILES string of the molecule is O=C(NCc1ccccc1Cl)c1cc2ccc(Br)cc2o1. The van der Waals surface area contributed by atoms with Crippen LogP contribution in [0.4, 0.5) is 0 Å². The van der Waals surface area contributed by atoms with E-state index in [1.54, 1.807) is 12.1 Å². The summed E-state index contributed by atoms with van der Waals surface area (Å²) in [6.45, 7) is 0.360. The Morgan fingerprint density at radius 2 is 2.00 bits per heavy atom. The van der Waals surface area contributed by atoms with Gasteiger partial charge in [0.2, 0.25) is 0 Å². The first kappa shape index (κ1) is 14.2. The lowest BCUT2D eigenvalue weighted by Crippen LogP contribution is -2.22. The van der Waals surface area contributed by atoms with Crippen LogP contribution in [0.25, 0.3) is 11.0 Å². The van der Waals surface area contributed by atoms with Crippen molar-refractivity contribution in [1.82, 2.24) is 5.32 Å². The van der Waals surface area contributed by atoms with Crippen LogP contribution >= 0.6 is 27.5 Å². The number of nitrogens with one attached hydrogen (secondary N) is 1. The number of amides is 1. The third-order valence-corrected chi connectivity index (χ3v) is 3.97. The number of carbonyl (C=O) groups excluding carboxylic acids is 1. The van der Waals surface area contributed by atoms with Gasteiger partial charge >= 0.3 is 0 Å². The molecule has 0 saturated carbocycles. The molecule has 0 aliphatic rings. The number of hydrogen-bond acceptors (Lipinski definition) is 2. The van der Waals surface area contributed by atoms with Crippen LogP contribution in [0.3, 0.4) is 0 Å². The van der Waals surface area contributed by atoms with Crippen LogP contribution in [0.15, 0.2) is 57.4 Å². The van der Waals surface area contributed by atoms with E-state index in [9.17, 15) is 4.79 Å². The van der Waals surface area contributed by atoms with Crippen molar-refractivity contribution in [3.8, 4) is 0 Å². The van der Waals surface area contributed by atoms with Crippen molar-refractivity contribution in [2.45, 2.75) is 6.54 Å². The summed E-state index contributed by atoms with van der Waals surface area (Å²) in [6.07, 6.45) is 0. The quantitative estimate of drug-likeness (QED) is 0.727. The Morgan fingerprint density at radius 1 is 1.19 bits per heavy atom. The first-order valence-electron chi connectivity index (χ1n) is 6.34. The van der Waals surface area contributed by atoms with E-state index in [-0.39, 0.29) is 11.7 Å². The van der Waals surface area contributed by atoms with Crippen LogP contribution in [0.2, 0.25) is 5.02 Å². The minimum atomic E-state index is -0.262. The molecule has 1 heterocycles. The second-order valence-electron chi connectivity index (χ2n) is 4.57. The molecule has 1 N–H and O–H groups in total. The summed E-state index contributed by atoms with van der Waals surface area (Å²) in [6, 6.07) is 14.8. The van der Waals surface area contributed by atoms with Crippen molar-refractivity contribution in [3.05, 3.63) is 69.3 Å². The van der Waals surface area contributed by atoms with Gasteiger partial charge in [0.1, 0.15) is 5.58 Å². The van der Waals surface area contributed by atoms with Crippen LogP contribution < -0.4 is 5.32 Å². The van der Waals surface area contributed by atoms with E-state index in [0.717, 1.165) is 15.4 Å². The van der Waals surface area contributed by atoms with Crippen molar-refractivity contribution in [3.63, 3.8) is 0 Å². The number of furan rings is 1. The lowest BCUT2D eigenvalue weighted by molar-refractivity contribution is 0.0925. The van der Waals surface area contributed by atoms with Gasteiger partial charge in [0, 0.05) is 21.4 Å². The van der Waals surface area contributed by atoms with E-state index >= 15 is 0 Å². The van der Waals surface area contributed by atoms with E-state index < -0.39 is 0 Å². The predicted molar refractivity (Wildman–Crippen MR) is 86.5 cm³/mol. The summed E-state index contributed by atoms with van der Waals surface area (Å²) in [5.74, 6) is 0.0254. The van der Waals surface area contributed by atoms with Crippen molar-refractivity contribution in [2.75, 3.05) is 0 Å². The molecule has 0 saturated heterocycles. The molecule has 3 rings (SSSR count). The molecule has 5 heteroatoms. The summed E-state index contributed by atoms with van der Waals surface area (Å²) in [5, 5.41) is 4.32. The summed E-state index contributed by atoms with van der Waals surface area (Å²) in [4.78, 5) is 12.1. The average Bonchev–Trinajstić information content (AvgIpc) is 2.89.